The molecule has 0 atom stereocenters. The minimum Gasteiger partial charge on any atom is -0.341 e. The van der Waals surface area contributed by atoms with Crippen LogP contribution in [0.3, 0.4) is 0 Å². The summed E-state index contributed by atoms with van der Waals surface area (Å²) in [5.74, 6) is -0.201. The van der Waals surface area contributed by atoms with Crippen molar-refractivity contribution in [3.05, 3.63) is 59.9 Å². The summed E-state index contributed by atoms with van der Waals surface area (Å²) >= 11 is 0. The summed E-state index contributed by atoms with van der Waals surface area (Å²) < 4.78 is 13.9. The molecule has 0 radical (unpaired) electrons. The molecule has 0 unspecified atom stereocenters. The van der Waals surface area contributed by atoms with E-state index in [0.29, 0.717) is 13.0 Å². The molecule has 0 aliphatic carbocycles. The van der Waals surface area contributed by atoms with E-state index in [0.717, 1.165) is 36.3 Å². The number of hydrogen-bond donors (Lipinski definition) is 1. The number of benzene rings is 2. The highest BCUT2D eigenvalue weighted by Crippen LogP contribution is 2.27. The van der Waals surface area contributed by atoms with Crippen LogP contribution in [0.5, 0.6) is 0 Å². The number of para-hydroxylation sites is 1. The van der Waals surface area contributed by atoms with Crippen molar-refractivity contribution in [2.24, 2.45) is 5.73 Å². The number of nitrogens with zero attached hydrogens (tertiary/aromatic N) is 1. The Bertz CT molecular complexity index is 554. The first-order valence-corrected chi connectivity index (χ1v) is 7.56. The van der Waals surface area contributed by atoms with Crippen LogP contribution in [-0.2, 0) is 6.42 Å². The molecular weight excluding hydrogens is 263 g/mol. The van der Waals surface area contributed by atoms with Crippen LogP contribution >= 0.6 is 0 Å². The summed E-state index contributed by atoms with van der Waals surface area (Å²) in [4.78, 5) is 2.17. The average Bonchev–Trinajstić information content (AvgIpc) is 2.48. The van der Waals surface area contributed by atoms with Crippen LogP contribution in [0.15, 0.2) is 48.5 Å². The van der Waals surface area contributed by atoms with Crippen LogP contribution in [0, 0.1) is 5.82 Å². The van der Waals surface area contributed by atoms with Gasteiger partial charge in [-0.2, -0.15) is 0 Å². The Hall–Kier alpha value is -1.87. The summed E-state index contributed by atoms with van der Waals surface area (Å²) in [6.07, 6.45) is 2.87. The SMILES string of the molecule is CCCCN(c1ccccc1)c1cc(F)cc(CCN)c1. The Morgan fingerprint density at radius 2 is 1.81 bits per heavy atom. The van der Waals surface area contributed by atoms with Gasteiger partial charge in [-0.05, 0) is 55.3 Å². The standard InChI is InChI=1S/C18H23FN2/c1-2-3-11-21(17-7-5-4-6-8-17)18-13-15(9-10-20)12-16(19)14-18/h4-8,12-14H,2-3,9-11,20H2,1H3. The third kappa shape index (κ3) is 4.30. The maximum Gasteiger partial charge on any atom is 0.125 e. The minimum absolute atomic E-state index is 0.201. The molecule has 2 nitrogen and oxygen atoms in total. The Morgan fingerprint density at radius 3 is 2.48 bits per heavy atom. The van der Waals surface area contributed by atoms with Gasteiger partial charge in [0.15, 0.2) is 0 Å². The van der Waals surface area contributed by atoms with E-state index in [1.165, 1.54) is 0 Å². The molecule has 2 aromatic rings. The number of hydrogen-bond acceptors (Lipinski definition) is 2. The van der Waals surface area contributed by atoms with Crippen molar-refractivity contribution in [3.63, 3.8) is 0 Å². The number of halogens is 1. The molecule has 0 aromatic heterocycles. The molecule has 2 aromatic carbocycles. The number of rotatable bonds is 7. The van der Waals surface area contributed by atoms with E-state index in [2.05, 4.69) is 24.0 Å². The van der Waals surface area contributed by atoms with Crippen LogP contribution in [-0.4, -0.2) is 13.1 Å². The molecular formula is C18H23FN2. The van der Waals surface area contributed by atoms with E-state index in [1.54, 1.807) is 12.1 Å². The number of nitrogens with two attached hydrogens (primary N) is 1. The van der Waals surface area contributed by atoms with E-state index in [1.807, 2.05) is 24.3 Å². The van der Waals surface area contributed by atoms with Crippen molar-refractivity contribution < 1.29 is 4.39 Å². The van der Waals surface area contributed by atoms with Gasteiger partial charge in [0.25, 0.3) is 0 Å². The highest BCUT2D eigenvalue weighted by molar-refractivity contribution is 5.63. The lowest BCUT2D eigenvalue weighted by Crippen LogP contribution is -2.19. The minimum atomic E-state index is -0.201. The molecule has 0 aliphatic rings. The lowest BCUT2D eigenvalue weighted by Gasteiger charge is -2.25. The van der Waals surface area contributed by atoms with Crippen LogP contribution in [0.4, 0.5) is 15.8 Å². The fraction of sp³-hybridized carbons (Fsp3) is 0.333. The quantitative estimate of drug-likeness (QED) is 0.823. The van der Waals surface area contributed by atoms with Crippen LogP contribution in [0.1, 0.15) is 25.3 Å². The number of unbranched alkanes of at least 4 members (excludes halogenated alkanes) is 1. The predicted octanol–water partition coefficient (Wildman–Crippen LogP) is 4.27. The summed E-state index contributed by atoms with van der Waals surface area (Å²) in [5.41, 5.74) is 8.53. The lowest BCUT2D eigenvalue weighted by atomic mass is 10.1. The van der Waals surface area contributed by atoms with Gasteiger partial charge in [0, 0.05) is 17.9 Å². The topological polar surface area (TPSA) is 29.3 Å². The molecule has 0 amide bonds. The van der Waals surface area contributed by atoms with Crippen LogP contribution in [0.2, 0.25) is 0 Å². The Balaban J connectivity index is 2.36. The lowest BCUT2D eigenvalue weighted by molar-refractivity contribution is 0.624. The zero-order chi connectivity index (χ0) is 15.1. The summed E-state index contributed by atoms with van der Waals surface area (Å²) in [7, 11) is 0. The second kappa shape index (κ2) is 7.79. The highest BCUT2D eigenvalue weighted by Gasteiger charge is 2.11. The molecule has 0 spiro atoms. The summed E-state index contributed by atoms with van der Waals surface area (Å²) in [6, 6.07) is 15.3. The van der Waals surface area contributed by atoms with E-state index in [9.17, 15) is 4.39 Å². The van der Waals surface area contributed by atoms with Gasteiger partial charge in [0.05, 0.1) is 0 Å². The average molecular weight is 286 g/mol. The largest absolute Gasteiger partial charge is 0.341 e. The van der Waals surface area contributed by atoms with Crippen LogP contribution < -0.4 is 10.6 Å². The molecule has 21 heavy (non-hydrogen) atoms. The van der Waals surface area contributed by atoms with Crippen molar-refractivity contribution in [1.29, 1.82) is 0 Å². The summed E-state index contributed by atoms with van der Waals surface area (Å²) in [5, 5.41) is 0. The molecule has 0 heterocycles. The van der Waals surface area contributed by atoms with E-state index in [-0.39, 0.29) is 5.82 Å². The Labute approximate surface area is 126 Å². The van der Waals surface area contributed by atoms with Gasteiger partial charge in [-0.1, -0.05) is 31.5 Å². The fourth-order valence-electron chi connectivity index (χ4n) is 2.43. The molecule has 0 fully saturated rings. The van der Waals surface area contributed by atoms with Gasteiger partial charge >= 0.3 is 0 Å². The zero-order valence-corrected chi connectivity index (χ0v) is 12.6. The molecule has 112 valence electrons. The third-order valence-corrected chi connectivity index (χ3v) is 3.49. The molecule has 0 bridgehead atoms. The van der Waals surface area contributed by atoms with Crippen LogP contribution in [0.25, 0.3) is 0 Å². The molecule has 0 saturated carbocycles. The van der Waals surface area contributed by atoms with E-state index >= 15 is 0 Å². The highest BCUT2D eigenvalue weighted by atomic mass is 19.1. The first kappa shape index (κ1) is 15.5. The maximum absolute atomic E-state index is 13.9. The van der Waals surface area contributed by atoms with Gasteiger partial charge in [0.1, 0.15) is 5.82 Å². The second-order valence-electron chi connectivity index (χ2n) is 5.20. The van der Waals surface area contributed by atoms with Crippen molar-refractivity contribution in [3.8, 4) is 0 Å². The monoisotopic (exact) mass is 286 g/mol. The second-order valence-corrected chi connectivity index (χ2v) is 5.20. The smallest absolute Gasteiger partial charge is 0.125 e. The number of anilines is 2. The van der Waals surface area contributed by atoms with E-state index < -0.39 is 0 Å². The molecule has 3 heteroatoms. The first-order chi connectivity index (χ1) is 10.2. The van der Waals surface area contributed by atoms with Gasteiger partial charge in [-0.25, -0.2) is 4.39 Å². The van der Waals surface area contributed by atoms with Gasteiger partial charge < -0.3 is 10.6 Å². The molecule has 0 saturated heterocycles. The normalized spacial score (nSPS) is 10.6. The third-order valence-electron chi connectivity index (χ3n) is 3.49. The van der Waals surface area contributed by atoms with Gasteiger partial charge in [-0.3, -0.25) is 0 Å². The Kier molecular flexibility index (Phi) is 5.76. The maximum atomic E-state index is 13.9. The van der Waals surface area contributed by atoms with Crippen molar-refractivity contribution >= 4 is 11.4 Å². The molecule has 2 N–H and O–H groups in total. The Morgan fingerprint density at radius 1 is 1.05 bits per heavy atom. The van der Waals surface area contributed by atoms with Crippen molar-refractivity contribution in [2.45, 2.75) is 26.2 Å². The van der Waals surface area contributed by atoms with Gasteiger partial charge in [-0.15, -0.1) is 0 Å². The molecule has 0 aliphatic heterocycles. The predicted molar refractivity (Wildman–Crippen MR) is 87.5 cm³/mol. The van der Waals surface area contributed by atoms with Crippen molar-refractivity contribution in [2.75, 3.05) is 18.0 Å². The summed E-state index contributed by atoms with van der Waals surface area (Å²) in [6.45, 7) is 3.57. The van der Waals surface area contributed by atoms with E-state index in [4.69, 9.17) is 5.73 Å². The first-order valence-electron chi connectivity index (χ1n) is 7.56. The van der Waals surface area contributed by atoms with Crippen molar-refractivity contribution in [1.82, 2.24) is 0 Å². The van der Waals surface area contributed by atoms with Gasteiger partial charge in [0.2, 0.25) is 0 Å². The zero-order valence-electron chi connectivity index (χ0n) is 12.6. The fourth-order valence-corrected chi connectivity index (χ4v) is 2.43. The molecule has 2 rings (SSSR count).